The van der Waals surface area contributed by atoms with Gasteiger partial charge in [-0.15, -0.1) is 0 Å². The molecule has 0 bridgehead atoms. The lowest BCUT2D eigenvalue weighted by Gasteiger charge is -2.45. The molecule has 0 unspecified atom stereocenters. The van der Waals surface area contributed by atoms with E-state index < -0.39 is 5.41 Å². The number of hydrogen-bond acceptors (Lipinski definition) is 4. The second-order valence-electron chi connectivity index (χ2n) is 29.0. The predicted molar refractivity (Wildman–Crippen MR) is 440 cm³/mol. The van der Waals surface area contributed by atoms with Crippen LogP contribution < -0.4 is 26.2 Å². The van der Waals surface area contributed by atoms with Crippen molar-refractivity contribution in [1.29, 1.82) is 0 Å². The molecule has 16 aromatic carbocycles. The molecule has 5 nitrogen and oxygen atoms in total. The molecular weight excluding hydrogens is 1270 g/mol. The molecule has 0 saturated carbocycles. The Bertz CT molecular complexity index is 6700. The summed E-state index contributed by atoms with van der Waals surface area (Å²) in [6.45, 7) is 4.58. The van der Waals surface area contributed by atoms with Gasteiger partial charge in [0.1, 0.15) is 22.3 Å². The maximum absolute atomic E-state index is 6.80. The third kappa shape index (κ3) is 9.03. The number of rotatable bonds is 9. The molecule has 6 heteroatoms. The van der Waals surface area contributed by atoms with Crippen LogP contribution in [0.4, 0.5) is 34.1 Å². The number of fused-ring (bicyclic) bond motifs is 16. The van der Waals surface area contributed by atoms with Crippen LogP contribution in [0.25, 0.3) is 149 Å². The van der Waals surface area contributed by atoms with Crippen LogP contribution in [0.2, 0.25) is 0 Å². The van der Waals surface area contributed by atoms with Crippen LogP contribution in [0.15, 0.2) is 361 Å². The first-order chi connectivity index (χ1) is 51.8. The highest BCUT2D eigenvalue weighted by Gasteiger charge is 2.47. The first kappa shape index (κ1) is 59.3. The molecule has 2 aliphatic heterocycles. The van der Waals surface area contributed by atoms with Crippen molar-refractivity contribution in [3.63, 3.8) is 0 Å². The number of aromatic nitrogens is 1. The Morgan fingerprint density at radius 3 is 1.17 bits per heavy atom. The van der Waals surface area contributed by atoms with Gasteiger partial charge in [0.15, 0.2) is 0 Å². The van der Waals surface area contributed by atoms with Gasteiger partial charge < -0.3 is 23.2 Å². The van der Waals surface area contributed by atoms with E-state index in [4.69, 9.17) is 8.83 Å². The number of anilines is 6. The van der Waals surface area contributed by atoms with E-state index in [-0.39, 0.29) is 6.71 Å². The van der Waals surface area contributed by atoms with E-state index in [1.54, 1.807) is 0 Å². The van der Waals surface area contributed by atoms with Crippen LogP contribution in [0.3, 0.4) is 0 Å². The molecule has 490 valence electrons. The third-order valence-electron chi connectivity index (χ3n) is 22.9. The summed E-state index contributed by atoms with van der Waals surface area (Å²) in [5, 5.41) is 6.75. The summed E-state index contributed by atoms with van der Waals surface area (Å²) in [5.41, 5.74) is 35.6. The zero-order valence-electron chi connectivity index (χ0n) is 57.7. The minimum absolute atomic E-state index is 0.262. The topological polar surface area (TPSA) is 37.7 Å². The van der Waals surface area contributed by atoms with Crippen LogP contribution in [0.5, 0.6) is 0 Å². The molecule has 0 N–H and O–H groups in total. The lowest BCUT2D eigenvalue weighted by Crippen LogP contribution is -2.61. The molecule has 5 heterocycles. The Kier molecular flexibility index (Phi) is 12.9. The van der Waals surface area contributed by atoms with Gasteiger partial charge in [0, 0.05) is 83.4 Å². The van der Waals surface area contributed by atoms with Crippen LogP contribution in [0.1, 0.15) is 25.0 Å². The number of hydrogen-bond donors (Lipinski definition) is 0. The smallest absolute Gasteiger partial charge is 0.252 e. The van der Waals surface area contributed by atoms with Crippen LogP contribution in [-0.4, -0.2) is 11.3 Å². The highest BCUT2D eigenvalue weighted by molar-refractivity contribution is 7.00. The summed E-state index contributed by atoms with van der Waals surface area (Å²) >= 11 is 0. The highest BCUT2D eigenvalue weighted by Crippen LogP contribution is 2.56. The summed E-state index contributed by atoms with van der Waals surface area (Å²) in [6.07, 6.45) is 0. The first-order valence-electron chi connectivity index (χ1n) is 36.4. The van der Waals surface area contributed by atoms with Crippen molar-refractivity contribution in [1.82, 2.24) is 4.57 Å². The Hall–Kier alpha value is -13.4. The van der Waals surface area contributed by atoms with Crippen molar-refractivity contribution < 1.29 is 8.83 Å². The SMILES string of the molecule is CC1(C)c2cc3c(cc2-c2cc4c(cc21)oc1ccccc14)N(c1ccccc1-c1cc(-c2ccccc2)cc(-c2ccccc2)c1)c1cccc2c1B3c1cc3c(cc1N2c1ccccc1-c1cc(-c2ccccc2)cc(-c2ccccc2)c1)c1cc2c(cc1n3-c1ccccc1)oc1ccccc12. The second kappa shape index (κ2) is 22.8. The monoisotopic (exact) mass is 1340 g/mol. The van der Waals surface area contributed by atoms with E-state index in [1.165, 1.54) is 49.8 Å². The van der Waals surface area contributed by atoms with Gasteiger partial charge in [-0.2, -0.15) is 0 Å². The average Bonchev–Trinajstić information content (AvgIpc) is 1.67. The molecule has 0 spiro atoms. The minimum Gasteiger partial charge on any atom is -0.456 e. The molecule has 3 aliphatic rings. The quantitative estimate of drug-likeness (QED) is 0.135. The highest BCUT2D eigenvalue weighted by atomic mass is 16.3. The van der Waals surface area contributed by atoms with Gasteiger partial charge in [-0.05, 0) is 216 Å². The van der Waals surface area contributed by atoms with Crippen molar-refractivity contribution in [3.05, 3.63) is 363 Å². The predicted octanol–water partition coefficient (Wildman–Crippen LogP) is 25.0. The lowest BCUT2D eigenvalue weighted by molar-refractivity contribution is 0.647. The fourth-order valence-corrected chi connectivity index (χ4v) is 18.1. The summed E-state index contributed by atoms with van der Waals surface area (Å²) in [5.74, 6) is 0. The lowest BCUT2D eigenvalue weighted by atomic mass is 9.33. The van der Waals surface area contributed by atoms with E-state index in [2.05, 4.69) is 380 Å². The van der Waals surface area contributed by atoms with Gasteiger partial charge >= 0.3 is 0 Å². The number of benzene rings is 16. The maximum atomic E-state index is 6.80. The second-order valence-corrected chi connectivity index (χ2v) is 29.0. The Labute approximate surface area is 608 Å². The zero-order valence-corrected chi connectivity index (χ0v) is 57.7. The van der Waals surface area contributed by atoms with Gasteiger partial charge in [-0.25, -0.2) is 0 Å². The van der Waals surface area contributed by atoms with E-state index in [9.17, 15) is 0 Å². The third-order valence-corrected chi connectivity index (χ3v) is 22.9. The molecule has 0 atom stereocenters. The van der Waals surface area contributed by atoms with Gasteiger partial charge in [0.25, 0.3) is 6.71 Å². The van der Waals surface area contributed by atoms with Crippen LogP contribution in [0, 0.1) is 0 Å². The maximum Gasteiger partial charge on any atom is 0.252 e. The Balaban J connectivity index is 0.860. The van der Waals surface area contributed by atoms with Crippen molar-refractivity contribution >= 4 is 123 Å². The van der Waals surface area contributed by atoms with E-state index in [1.807, 2.05) is 0 Å². The molecule has 0 radical (unpaired) electrons. The van der Waals surface area contributed by atoms with Gasteiger partial charge in [-0.3, -0.25) is 0 Å². The molecule has 0 fully saturated rings. The molecule has 3 aromatic heterocycles. The fourth-order valence-electron chi connectivity index (χ4n) is 18.1. The Morgan fingerprint density at radius 1 is 0.248 bits per heavy atom. The molecule has 19 aromatic rings. The summed E-state index contributed by atoms with van der Waals surface area (Å²) in [7, 11) is 0. The molecule has 0 saturated heterocycles. The molecular formula is C99H64BN3O2. The molecule has 105 heavy (non-hydrogen) atoms. The van der Waals surface area contributed by atoms with Crippen molar-refractivity contribution in [2.75, 3.05) is 9.80 Å². The van der Waals surface area contributed by atoms with Crippen molar-refractivity contribution in [2.45, 2.75) is 19.3 Å². The summed E-state index contributed by atoms with van der Waals surface area (Å²) in [6, 6.07) is 131. The zero-order chi connectivity index (χ0) is 69.2. The number of nitrogens with zero attached hydrogens (tertiary/aromatic N) is 3. The van der Waals surface area contributed by atoms with Crippen LogP contribution in [-0.2, 0) is 5.41 Å². The molecule has 1 aliphatic carbocycles. The number of furan rings is 2. The van der Waals surface area contributed by atoms with Crippen LogP contribution >= 0.6 is 0 Å². The first-order valence-corrected chi connectivity index (χ1v) is 36.4. The Morgan fingerprint density at radius 2 is 0.638 bits per heavy atom. The van der Waals surface area contributed by atoms with E-state index in [0.29, 0.717) is 0 Å². The standard InChI is InChI=1S/C99H64BN3O2/c1-99(2)82-57-84-92(55-77(82)76-53-80-74-39-20-24-45-94(74)104-96(80)58-83(76)99)102(86-41-22-18-37-72(86)69-49-65(61-27-8-3-9-28-61)47-66(50-69)62-29-10-4-11-30-62)88-43-26-44-89-98(88)100(84)85-59-90-79(78-54-81-75-40-21-25-46-95(75)105-97(81)60-91(78)101(90)71-35-16-7-17-36-71)56-93(85)103(89)87-42-23-19-38-73(87)70-51-67(63-31-12-5-13-32-63)48-68(52-70)64-33-14-6-15-34-64/h3-60H,1-2H3. The minimum atomic E-state index is -0.415. The van der Waals surface area contributed by atoms with Crippen molar-refractivity contribution in [3.8, 4) is 83.6 Å². The van der Waals surface area contributed by atoms with E-state index in [0.717, 1.165) is 161 Å². The number of para-hydroxylation sites is 5. The summed E-state index contributed by atoms with van der Waals surface area (Å²) < 4.78 is 16.0. The largest absolute Gasteiger partial charge is 0.456 e. The normalized spacial score (nSPS) is 13.3. The van der Waals surface area contributed by atoms with Crippen molar-refractivity contribution in [2.24, 2.45) is 0 Å². The van der Waals surface area contributed by atoms with Gasteiger partial charge in [-0.1, -0.05) is 238 Å². The average molecular weight is 1340 g/mol. The van der Waals surface area contributed by atoms with E-state index >= 15 is 0 Å². The van der Waals surface area contributed by atoms with Gasteiger partial charge in [0.05, 0.1) is 22.4 Å². The molecule has 22 rings (SSSR count). The molecule has 0 amide bonds. The summed E-state index contributed by atoms with van der Waals surface area (Å²) in [4.78, 5) is 5.27. The van der Waals surface area contributed by atoms with Gasteiger partial charge in [0.2, 0.25) is 0 Å². The fraction of sp³-hybridized carbons (Fsp3) is 0.0303.